The quantitative estimate of drug-likeness (QED) is 0.770. The Balaban J connectivity index is 1.83. The lowest BCUT2D eigenvalue weighted by molar-refractivity contribution is 0.199. The topological polar surface area (TPSA) is 21.3 Å². The van der Waals surface area contributed by atoms with Crippen LogP contribution < -0.4 is 5.32 Å². The molecule has 0 unspecified atom stereocenters. The lowest BCUT2D eigenvalue weighted by atomic mass is 10.1. The largest absolute Gasteiger partial charge is 0.383 e. The molecular formula is C15H19NOS. The molecule has 1 heterocycles. The molecule has 96 valence electrons. The first-order valence-electron chi connectivity index (χ1n) is 6.24. The van der Waals surface area contributed by atoms with Crippen LogP contribution in [-0.4, -0.2) is 26.8 Å². The Kier molecular flexibility index (Phi) is 5.39. The Bertz CT molecular complexity index is 504. The molecule has 0 saturated carbocycles. The SMILES string of the molecule is COCCNCC/C=C/c1cccc2ccsc12. The van der Waals surface area contributed by atoms with Gasteiger partial charge in [-0.25, -0.2) is 0 Å². The van der Waals surface area contributed by atoms with Crippen molar-refractivity contribution in [2.45, 2.75) is 6.42 Å². The Labute approximate surface area is 112 Å². The Morgan fingerprint density at radius 2 is 2.22 bits per heavy atom. The van der Waals surface area contributed by atoms with E-state index in [1.165, 1.54) is 15.6 Å². The van der Waals surface area contributed by atoms with Gasteiger partial charge in [0, 0.05) is 18.4 Å². The van der Waals surface area contributed by atoms with Crippen LogP contribution >= 0.6 is 11.3 Å². The van der Waals surface area contributed by atoms with Crippen molar-refractivity contribution in [3.63, 3.8) is 0 Å². The number of thiophene rings is 1. The van der Waals surface area contributed by atoms with Crippen molar-refractivity contribution in [3.05, 3.63) is 41.3 Å². The monoisotopic (exact) mass is 261 g/mol. The lowest BCUT2D eigenvalue weighted by Gasteiger charge is -2.01. The van der Waals surface area contributed by atoms with Crippen molar-refractivity contribution in [1.29, 1.82) is 0 Å². The summed E-state index contributed by atoms with van der Waals surface area (Å²) in [5.74, 6) is 0. The van der Waals surface area contributed by atoms with E-state index in [-0.39, 0.29) is 0 Å². The highest BCUT2D eigenvalue weighted by Crippen LogP contribution is 2.25. The van der Waals surface area contributed by atoms with Crippen molar-refractivity contribution in [3.8, 4) is 0 Å². The average molecular weight is 261 g/mol. The molecule has 0 spiro atoms. The van der Waals surface area contributed by atoms with Crippen molar-refractivity contribution >= 4 is 27.5 Å². The van der Waals surface area contributed by atoms with Gasteiger partial charge in [0.15, 0.2) is 0 Å². The van der Waals surface area contributed by atoms with Gasteiger partial charge in [-0.3, -0.25) is 0 Å². The number of rotatable bonds is 7. The van der Waals surface area contributed by atoms with E-state index < -0.39 is 0 Å². The lowest BCUT2D eigenvalue weighted by Crippen LogP contribution is -2.19. The third-order valence-corrected chi connectivity index (χ3v) is 3.76. The summed E-state index contributed by atoms with van der Waals surface area (Å²) >= 11 is 1.81. The van der Waals surface area contributed by atoms with Gasteiger partial charge in [0.1, 0.15) is 0 Å². The summed E-state index contributed by atoms with van der Waals surface area (Å²) in [5.41, 5.74) is 1.32. The highest BCUT2D eigenvalue weighted by atomic mass is 32.1. The minimum atomic E-state index is 0.776. The molecule has 0 aliphatic heterocycles. The molecule has 0 amide bonds. The van der Waals surface area contributed by atoms with Crippen LogP contribution in [0.2, 0.25) is 0 Å². The predicted molar refractivity (Wildman–Crippen MR) is 80.2 cm³/mol. The second kappa shape index (κ2) is 7.31. The maximum atomic E-state index is 4.98. The summed E-state index contributed by atoms with van der Waals surface area (Å²) in [6.07, 6.45) is 5.50. The van der Waals surface area contributed by atoms with Crippen molar-refractivity contribution in [2.75, 3.05) is 26.8 Å². The molecule has 2 rings (SSSR count). The highest BCUT2D eigenvalue weighted by molar-refractivity contribution is 7.17. The zero-order valence-electron chi connectivity index (χ0n) is 10.7. The molecule has 18 heavy (non-hydrogen) atoms. The van der Waals surface area contributed by atoms with Crippen LogP contribution in [0.15, 0.2) is 35.7 Å². The second-order valence-electron chi connectivity index (χ2n) is 4.12. The van der Waals surface area contributed by atoms with E-state index in [0.717, 1.165) is 26.1 Å². The molecule has 1 aromatic heterocycles. The van der Waals surface area contributed by atoms with Gasteiger partial charge in [-0.05, 0) is 35.4 Å². The van der Waals surface area contributed by atoms with Crippen LogP contribution in [0, 0.1) is 0 Å². The molecule has 0 aliphatic carbocycles. The number of fused-ring (bicyclic) bond motifs is 1. The fraction of sp³-hybridized carbons (Fsp3) is 0.333. The number of benzene rings is 1. The fourth-order valence-corrected chi connectivity index (χ4v) is 2.74. The van der Waals surface area contributed by atoms with Gasteiger partial charge >= 0.3 is 0 Å². The van der Waals surface area contributed by atoms with E-state index in [9.17, 15) is 0 Å². The normalized spacial score (nSPS) is 11.6. The van der Waals surface area contributed by atoms with E-state index >= 15 is 0 Å². The third kappa shape index (κ3) is 3.67. The van der Waals surface area contributed by atoms with Gasteiger partial charge in [-0.1, -0.05) is 30.4 Å². The maximum absolute atomic E-state index is 4.98. The number of nitrogens with one attached hydrogen (secondary N) is 1. The maximum Gasteiger partial charge on any atom is 0.0587 e. The van der Waals surface area contributed by atoms with E-state index in [0.29, 0.717) is 0 Å². The van der Waals surface area contributed by atoms with Crippen LogP contribution in [0.5, 0.6) is 0 Å². The summed E-state index contributed by atoms with van der Waals surface area (Å²) in [4.78, 5) is 0. The fourth-order valence-electron chi connectivity index (χ4n) is 1.84. The zero-order valence-corrected chi connectivity index (χ0v) is 11.5. The first-order chi connectivity index (χ1) is 8.92. The van der Waals surface area contributed by atoms with Crippen molar-refractivity contribution < 1.29 is 4.74 Å². The van der Waals surface area contributed by atoms with Gasteiger partial charge in [-0.2, -0.15) is 0 Å². The molecule has 0 fully saturated rings. The Morgan fingerprint density at radius 1 is 1.28 bits per heavy atom. The van der Waals surface area contributed by atoms with Crippen LogP contribution in [-0.2, 0) is 4.74 Å². The first kappa shape index (κ1) is 13.3. The van der Waals surface area contributed by atoms with Gasteiger partial charge in [-0.15, -0.1) is 11.3 Å². The molecule has 3 heteroatoms. The predicted octanol–water partition coefficient (Wildman–Crippen LogP) is 3.54. The van der Waals surface area contributed by atoms with Crippen LogP contribution in [0.25, 0.3) is 16.2 Å². The molecule has 1 N–H and O–H groups in total. The summed E-state index contributed by atoms with van der Waals surface area (Å²) in [5, 5.41) is 6.81. The summed E-state index contributed by atoms with van der Waals surface area (Å²) in [7, 11) is 1.73. The summed E-state index contributed by atoms with van der Waals surface area (Å²) < 4.78 is 6.35. The van der Waals surface area contributed by atoms with E-state index in [1.807, 2.05) is 0 Å². The minimum absolute atomic E-state index is 0.776. The Hall–Kier alpha value is -1.16. The average Bonchev–Trinajstić information content (AvgIpc) is 2.86. The molecule has 2 nitrogen and oxygen atoms in total. The van der Waals surface area contributed by atoms with Gasteiger partial charge in [0.25, 0.3) is 0 Å². The molecule has 0 atom stereocenters. The second-order valence-corrected chi connectivity index (χ2v) is 5.04. The summed E-state index contributed by atoms with van der Waals surface area (Å²) in [6, 6.07) is 8.62. The van der Waals surface area contributed by atoms with E-state index in [1.54, 1.807) is 18.4 Å². The standard InChI is InChI=1S/C15H19NOS/c1-17-11-10-16-9-3-2-5-13-6-4-7-14-8-12-18-15(13)14/h2,4-8,12,16H,3,9-11H2,1H3/b5-2+. The zero-order chi connectivity index (χ0) is 12.6. The van der Waals surface area contributed by atoms with Gasteiger partial charge in [0.2, 0.25) is 0 Å². The third-order valence-electron chi connectivity index (χ3n) is 2.78. The molecular weight excluding hydrogens is 242 g/mol. The van der Waals surface area contributed by atoms with Gasteiger partial charge < -0.3 is 10.1 Å². The highest BCUT2D eigenvalue weighted by Gasteiger charge is 1.97. The van der Waals surface area contributed by atoms with E-state index in [4.69, 9.17) is 4.74 Å². The van der Waals surface area contributed by atoms with Crippen molar-refractivity contribution in [2.24, 2.45) is 0 Å². The van der Waals surface area contributed by atoms with E-state index in [2.05, 4.69) is 47.1 Å². The molecule has 0 radical (unpaired) electrons. The number of hydrogen-bond acceptors (Lipinski definition) is 3. The van der Waals surface area contributed by atoms with Gasteiger partial charge in [0.05, 0.1) is 6.61 Å². The van der Waals surface area contributed by atoms with Crippen LogP contribution in [0.3, 0.4) is 0 Å². The first-order valence-corrected chi connectivity index (χ1v) is 7.12. The number of hydrogen-bond donors (Lipinski definition) is 1. The molecule has 0 bridgehead atoms. The Morgan fingerprint density at radius 3 is 3.11 bits per heavy atom. The van der Waals surface area contributed by atoms with Crippen LogP contribution in [0.1, 0.15) is 12.0 Å². The van der Waals surface area contributed by atoms with Crippen molar-refractivity contribution in [1.82, 2.24) is 5.32 Å². The molecule has 1 aromatic carbocycles. The molecule has 0 aliphatic rings. The minimum Gasteiger partial charge on any atom is -0.383 e. The number of methoxy groups -OCH3 is 1. The molecule has 0 saturated heterocycles. The van der Waals surface area contributed by atoms with Crippen LogP contribution in [0.4, 0.5) is 0 Å². The number of ether oxygens (including phenoxy) is 1. The smallest absolute Gasteiger partial charge is 0.0587 e. The summed E-state index contributed by atoms with van der Waals surface area (Å²) in [6.45, 7) is 2.70. The molecule has 2 aromatic rings.